The van der Waals surface area contributed by atoms with E-state index in [4.69, 9.17) is 28.9 Å². The van der Waals surface area contributed by atoms with Gasteiger partial charge in [-0.2, -0.15) is 0 Å². The molecule has 0 fully saturated rings. The van der Waals surface area contributed by atoms with Crippen LogP contribution in [-0.4, -0.2) is 4.98 Å². The fourth-order valence-electron chi connectivity index (χ4n) is 0.467. The van der Waals surface area contributed by atoms with Crippen LogP contribution in [0, 0.1) is 0 Å². The molecule has 1 aromatic heterocycles. The summed E-state index contributed by atoms with van der Waals surface area (Å²) in [4.78, 5) is 3.81. The van der Waals surface area contributed by atoms with E-state index in [2.05, 4.69) is 20.9 Å². The number of rotatable bonds is 0. The summed E-state index contributed by atoms with van der Waals surface area (Å²) in [5.41, 5.74) is 5.86. The molecule has 0 spiro atoms. The van der Waals surface area contributed by atoms with Crippen molar-refractivity contribution in [3.05, 3.63) is 20.8 Å². The van der Waals surface area contributed by atoms with Crippen LogP contribution in [-0.2, 0) is 0 Å². The van der Waals surface area contributed by atoms with Gasteiger partial charge >= 0.3 is 0 Å². The molecule has 0 aromatic carbocycles. The molecule has 1 heterocycles. The standard InChI is InChI=1S/C5H3BrCl2N2/c6-5-4(9)2(7)1-3(8)10-5/h1H,9H2. The highest BCUT2D eigenvalue weighted by atomic mass is 79.9. The molecule has 0 unspecified atom stereocenters. The Balaban J connectivity index is 3.31. The van der Waals surface area contributed by atoms with Crippen molar-refractivity contribution >= 4 is 44.8 Å². The summed E-state index contributed by atoms with van der Waals surface area (Å²) < 4.78 is 0.477. The SMILES string of the molecule is Nc1c(Cl)cc(Cl)nc1Br. The topological polar surface area (TPSA) is 38.9 Å². The van der Waals surface area contributed by atoms with Crippen LogP contribution in [0.5, 0.6) is 0 Å². The molecule has 10 heavy (non-hydrogen) atoms. The van der Waals surface area contributed by atoms with E-state index >= 15 is 0 Å². The van der Waals surface area contributed by atoms with E-state index in [1.807, 2.05) is 0 Å². The minimum atomic E-state index is 0.325. The van der Waals surface area contributed by atoms with Gasteiger partial charge < -0.3 is 5.73 Å². The minimum Gasteiger partial charge on any atom is -0.395 e. The number of nitrogens with zero attached hydrogens (tertiary/aromatic N) is 1. The lowest BCUT2D eigenvalue weighted by molar-refractivity contribution is 1.28. The van der Waals surface area contributed by atoms with Crippen molar-refractivity contribution in [2.24, 2.45) is 0 Å². The van der Waals surface area contributed by atoms with Crippen molar-refractivity contribution in [2.45, 2.75) is 0 Å². The second-order valence-corrected chi connectivity index (χ2v) is 3.18. The summed E-state index contributed by atoms with van der Waals surface area (Å²) in [6, 6.07) is 1.49. The van der Waals surface area contributed by atoms with Gasteiger partial charge in [-0.05, 0) is 22.0 Å². The van der Waals surface area contributed by atoms with Crippen molar-refractivity contribution in [2.75, 3.05) is 5.73 Å². The van der Waals surface area contributed by atoms with Crippen LogP contribution < -0.4 is 5.73 Å². The van der Waals surface area contributed by atoms with E-state index < -0.39 is 0 Å². The van der Waals surface area contributed by atoms with Gasteiger partial charge in [0.1, 0.15) is 9.76 Å². The van der Waals surface area contributed by atoms with Crippen molar-refractivity contribution in [3.8, 4) is 0 Å². The molecule has 1 aromatic rings. The zero-order valence-corrected chi connectivity index (χ0v) is 7.83. The molecule has 0 saturated heterocycles. The maximum Gasteiger partial charge on any atom is 0.132 e. The number of aromatic nitrogens is 1. The van der Waals surface area contributed by atoms with E-state index in [1.165, 1.54) is 6.07 Å². The van der Waals surface area contributed by atoms with Crippen molar-refractivity contribution in [1.29, 1.82) is 0 Å². The Bertz CT molecular complexity index is 241. The molecule has 0 amide bonds. The average molecular weight is 242 g/mol. The molecule has 0 aliphatic rings. The van der Waals surface area contributed by atoms with Crippen LogP contribution in [0.3, 0.4) is 0 Å². The van der Waals surface area contributed by atoms with Gasteiger partial charge in [0, 0.05) is 0 Å². The highest BCUT2D eigenvalue weighted by Crippen LogP contribution is 2.27. The van der Waals surface area contributed by atoms with Crippen molar-refractivity contribution < 1.29 is 0 Å². The molecule has 54 valence electrons. The van der Waals surface area contributed by atoms with E-state index in [0.29, 0.717) is 20.5 Å². The number of pyridine rings is 1. The van der Waals surface area contributed by atoms with Gasteiger partial charge in [0.05, 0.1) is 10.7 Å². The third-order valence-electron chi connectivity index (χ3n) is 0.930. The van der Waals surface area contributed by atoms with E-state index in [-0.39, 0.29) is 0 Å². The van der Waals surface area contributed by atoms with Crippen LogP contribution in [0.4, 0.5) is 5.69 Å². The maximum absolute atomic E-state index is 5.64. The summed E-state index contributed by atoms with van der Waals surface area (Å²) in [5, 5.41) is 0.734. The molecule has 0 atom stereocenters. The summed E-state index contributed by atoms with van der Waals surface area (Å²) in [7, 11) is 0. The van der Waals surface area contributed by atoms with Gasteiger partial charge in [0.15, 0.2) is 0 Å². The quantitative estimate of drug-likeness (QED) is 0.710. The lowest BCUT2D eigenvalue weighted by Crippen LogP contribution is -1.90. The molecule has 0 saturated carbocycles. The van der Waals surface area contributed by atoms with Crippen LogP contribution in [0.15, 0.2) is 10.7 Å². The zero-order chi connectivity index (χ0) is 7.72. The number of nitrogen functional groups attached to an aromatic ring is 1. The monoisotopic (exact) mass is 240 g/mol. The first kappa shape index (κ1) is 8.11. The molecule has 0 bridgehead atoms. The Kier molecular flexibility index (Phi) is 2.39. The van der Waals surface area contributed by atoms with E-state index in [1.54, 1.807) is 0 Å². The molecular formula is C5H3BrCl2N2. The maximum atomic E-state index is 5.64. The second-order valence-electron chi connectivity index (χ2n) is 1.63. The lowest BCUT2D eigenvalue weighted by atomic mass is 10.4. The first-order chi connectivity index (χ1) is 4.61. The molecule has 2 N–H and O–H groups in total. The molecular weight excluding hydrogens is 239 g/mol. The van der Waals surface area contributed by atoms with Crippen LogP contribution in [0.2, 0.25) is 10.2 Å². The average Bonchev–Trinajstić information content (AvgIpc) is 1.82. The van der Waals surface area contributed by atoms with Gasteiger partial charge in [-0.3, -0.25) is 0 Å². The highest BCUT2D eigenvalue weighted by Gasteiger charge is 2.03. The largest absolute Gasteiger partial charge is 0.395 e. The van der Waals surface area contributed by atoms with Crippen molar-refractivity contribution in [3.63, 3.8) is 0 Å². The Hall–Kier alpha value is 0.01000. The predicted molar refractivity (Wildman–Crippen MR) is 46.4 cm³/mol. The Morgan fingerprint density at radius 1 is 1.50 bits per heavy atom. The minimum absolute atomic E-state index is 0.325. The summed E-state index contributed by atoms with van der Waals surface area (Å²) >= 11 is 14.3. The highest BCUT2D eigenvalue weighted by molar-refractivity contribution is 9.10. The Morgan fingerprint density at radius 3 is 2.60 bits per heavy atom. The first-order valence-corrected chi connectivity index (χ1v) is 3.93. The molecule has 2 nitrogen and oxygen atoms in total. The third-order valence-corrected chi connectivity index (χ3v) is 2.04. The Morgan fingerprint density at radius 2 is 2.10 bits per heavy atom. The molecule has 1 rings (SSSR count). The molecule has 5 heteroatoms. The van der Waals surface area contributed by atoms with Crippen LogP contribution in [0.25, 0.3) is 0 Å². The summed E-state index contributed by atoms with van der Waals surface area (Å²) in [5.74, 6) is 0. The normalized spacial score (nSPS) is 9.90. The smallest absolute Gasteiger partial charge is 0.132 e. The fraction of sp³-hybridized carbons (Fsp3) is 0. The van der Waals surface area contributed by atoms with E-state index in [9.17, 15) is 0 Å². The number of nitrogens with two attached hydrogens (primary N) is 1. The Labute approximate surface area is 76.5 Å². The van der Waals surface area contributed by atoms with Crippen LogP contribution in [0.1, 0.15) is 0 Å². The number of hydrogen-bond donors (Lipinski definition) is 1. The number of anilines is 1. The first-order valence-electron chi connectivity index (χ1n) is 2.38. The third kappa shape index (κ3) is 1.54. The van der Waals surface area contributed by atoms with E-state index in [0.717, 1.165) is 0 Å². The molecule has 0 aliphatic heterocycles. The van der Waals surface area contributed by atoms with Gasteiger partial charge in [-0.25, -0.2) is 4.98 Å². The van der Waals surface area contributed by atoms with Gasteiger partial charge in [0.2, 0.25) is 0 Å². The predicted octanol–water partition coefficient (Wildman–Crippen LogP) is 2.73. The fourth-order valence-corrected chi connectivity index (χ4v) is 1.53. The van der Waals surface area contributed by atoms with Gasteiger partial charge in [0.25, 0.3) is 0 Å². The molecule has 0 aliphatic carbocycles. The number of halogens is 3. The summed E-state index contributed by atoms with van der Waals surface area (Å²) in [6.45, 7) is 0. The molecule has 0 radical (unpaired) electrons. The van der Waals surface area contributed by atoms with Crippen molar-refractivity contribution in [1.82, 2.24) is 4.98 Å². The van der Waals surface area contributed by atoms with Crippen LogP contribution >= 0.6 is 39.1 Å². The van der Waals surface area contributed by atoms with Gasteiger partial charge in [-0.1, -0.05) is 23.2 Å². The number of hydrogen-bond acceptors (Lipinski definition) is 2. The second kappa shape index (κ2) is 2.95. The lowest BCUT2D eigenvalue weighted by Gasteiger charge is -1.99. The summed E-state index contributed by atoms with van der Waals surface area (Å²) in [6.07, 6.45) is 0. The zero-order valence-electron chi connectivity index (χ0n) is 4.74. The van der Waals surface area contributed by atoms with Gasteiger partial charge in [-0.15, -0.1) is 0 Å².